The maximum atomic E-state index is 13.0. The van der Waals surface area contributed by atoms with E-state index in [9.17, 15) is 22.8 Å². The van der Waals surface area contributed by atoms with Gasteiger partial charge in [-0.3, -0.25) is 9.59 Å². The number of thiazole rings is 1. The largest absolute Gasteiger partial charge is 0.416 e. The second kappa shape index (κ2) is 8.35. The number of alkyl halides is 3. The van der Waals surface area contributed by atoms with Gasteiger partial charge in [0.1, 0.15) is 0 Å². The number of anilines is 2. The molecule has 0 unspecified atom stereocenters. The lowest BCUT2D eigenvalue weighted by Crippen LogP contribution is -2.36. The summed E-state index contributed by atoms with van der Waals surface area (Å²) < 4.78 is 41.0. The summed E-state index contributed by atoms with van der Waals surface area (Å²) in [5, 5.41) is 6.01. The number of aryl methyl sites for hydroxylation is 1. The van der Waals surface area contributed by atoms with E-state index >= 15 is 0 Å². The van der Waals surface area contributed by atoms with Crippen molar-refractivity contribution in [3.05, 3.63) is 47.5 Å². The van der Waals surface area contributed by atoms with Gasteiger partial charge in [0.2, 0.25) is 11.9 Å². The fourth-order valence-electron chi connectivity index (χ4n) is 3.11. The van der Waals surface area contributed by atoms with Crippen LogP contribution in [-0.4, -0.2) is 51.9 Å². The minimum atomic E-state index is -4.42. The lowest BCUT2D eigenvalue weighted by Gasteiger charge is -2.11. The van der Waals surface area contributed by atoms with Crippen LogP contribution in [-0.2, 0) is 18.0 Å². The number of fused-ring (bicyclic) bond motifs is 2. The van der Waals surface area contributed by atoms with E-state index in [1.807, 2.05) is 0 Å². The highest BCUT2D eigenvalue weighted by atomic mass is 32.1. The topological polar surface area (TPSA) is 92.2 Å². The Bertz CT molecular complexity index is 1380. The van der Waals surface area contributed by atoms with Crippen molar-refractivity contribution in [2.45, 2.75) is 6.18 Å². The van der Waals surface area contributed by atoms with E-state index in [1.54, 1.807) is 43.9 Å². The van der Waals surface area contributed by atoms with Crippen LogP contribution in [0.25, 0.3) is 21.3 Å². The highest BCUT2D eigenvalue weighted by Gasteiger charge is 2.30. The molecule has 172 valence electrons. The standard InChI is InChI=1S/C21H19F3N6O2S/c1-29(2)17(31)10-25-18(32)11-4-6-13-15(8-11)30(3)19(26-13)28-20-27-14-7-5-12(21(22,23)24)9-16(14)33-20/h4-9H,10H2,1-3H3,(H,25,32)(H,26,27,28). The van der Waals surface area contributed by atoms with Crippen LogP contribution >= 0.6 is 11.3 Å². The molecule has 4 rings (SSSR count). The quantitative estimate of drug-likeness (QED) is 0.458. The zero-order valence-electron chi connectivity index (χ0n) is 17.8. The summed E-state index contributed by atoms with van der Waals surface area (Å²) in [5.41, 5.74) is 1.35. The molecular formula is C21H19F3N6O2S. The Morgan fingerprint density at radius 3 is 2.52 bits per heavy atom. The number of benzene rings is 2. The molecule has 0 saturated heterocycles. The number of carbonyl (C=O) groups excluding carboxylic acids is 2. The maximum absolute atomic E-state index is 13.0. The monoisotopic (exact) mass is 476 g/mol. The number of amides is 2. The third kappa shape index (κ3) is 4.60. The van der Waals surface area contributed by atoms with Gasteiger partial charge in [0, 0.05) is 26.7 Å². The Morgan fingerprint density at radius 1 is 1.09 bits per heavy atom. The molecule has 0 spiro atoms. The second-order valence-corrected chi connectivity index (χ2v) is 8.52. The van der Waals surface area contributed by atoms with Gasteiger partial charge in [0.15, 0.2) is 5.13 Å². The predicted octanol–water partition coefficient (Wildman–Crippen LogP) is 3.76. The van der Waals surface area contributed by atoms with Crippen LogP contribution in [0.4, 0.5) is 24.3 Å². The SMILES string of the molecule is CN(C)C(=O)CNC(=O)c1ccc2nc(Nc3nc4ccc(C(F)(F)F)cc4s3)n(C)c2c1. The van der Waals surface area contributed by atoms with Gasteiger partial charge in [0.05, 0.1) is 33.4 Å². The van der Waals surface area contributed by atoms with Crippen molar-refractivity contribution in [1.82, 2.24) is 24.8 Å². The third-order valence-corrected chi connectivity index (χ3v) is 5.91. The Morgan fingerprint density at radius 2 is 1.82 bits per heavy atom. The molecule has 12 heteroatoms. The summed E-state index contributed by atoms with van der Waals surface area (Å²) >= 11 is 1.09. The van der Waals surface area contributed by atoms with Crippen LogP contribution in [0.5, 0.6) is 0 Å². The Hall–Kier alpha value is -3.67. The van der Waals surface area contributed by atoms with Gasteiger partial charge in [-0.2, -0.15) is 13.2 Å². The van der Waals surface area contributed by atoms with Crippen molar-refractivity contribution in [1.29, 1.82) is 0 Å². The molecule has 0 atom stereocenters. The first-order valence-electron chi connectivity index (χ1n) is 9.72. The van der Waals surface area contributed by atoms with Crippen LogP contribution in [0, 0.1) is 0 Å². The number of nitrogens with zero attached hydrogens (tertiary/aromatic N) is 4. The molecule has 0 fully saturated rings. The molecule has 2 N–H and O–H groups in total. The molecule has 2 heterocycles. The first kappa shape index (κ1) is 22.5. The summed E-state index contributed by atoms with van der Waals surface area (Å²) in [5.74, 6) is -0.204. The average Bonchev–Trinajstić information content (AvgIpc) is 3.30. The molecule has 0 radical (unpaired) electrons. The Kier molecular flexibility index (Phi) is 5.70. The minimum Gasteiger partial charge on any atom is -0.347 e. The molecule has 0 bridgehead atoms. The van der Waals surface area contributed by atoms with E-state index in [4.69, 9.17) is 0 Å². The molecule has 2 aromatic carbocycles. The normalized spacial score (nSPS) is 11.7. The average molecular weight is 476 g/mol. The summed E-state index contributed by atoms with van der Waals surface area (Å²) in [6.07, 6.45) is -4.42. The molecule has 4 aromatic rings. The van der Waals surface area contributed by atoms with Crippen molar-refractivity contribution in [3.63, 3.8) is 0 Å². The van der Waals surface area contributed by atoms with Crippen molar-refractivity contribution >= 4 is 55.5 Å². The number of carbonyl (C=O) groups is 2. The first-order valence-corrected chi connectivity index (χ1v) is 10.5. The fraction of sp³-hybridized carbons (Fsp3) is 0.238. The number of imidazole rings is 1. The lowest BCUT2D eigenvalue weighted by atomic mass is 10.2. The van der Waals surface area contributed by atoms with E-state index in [-0.39, 0.29) is 12.5 Å². The van der Waals surface area contributed by atoms with E-state index in [0.717, 1.165) is 23.5 Å². The second-order valence-electron chi connectivity index (χ2n) is 7.49. The predicted molar refractivity (Wildman–Crippen MR) is 120 cm³/mol. The van der Waals surface area contributed by atoms with Crippen LogP contribution in [0.2, 0.25) is 0 Å². The summed E-state index contributed by atoms with van der Waals surface area (Å²) in [6.45, 7) is -0.115. The number of nitrogens with one attached hydrogen (secondary N) is 2. The molecule has 33 heavy (non-hydrogen) atoms. The summed E-state index contributed by atoms with van der Waals surface area (Å²) in [4.78, 5) is 34.3. The highest BCUT2D eigenvalue weighted by molar-refractivity contribution is 7.22. The van der Waals surface area contributed by atoms with Gasteiger partial charge in [0.25, 0.3) is 5.91 Å². The molecule has 2 amide bonds. The van der Waals surface area contributed by atoms with Gasteiger partial charge in [-0.05, 0) is 36.4 Å². The summed E-state index contributed by atoms with van der Waals surface area (Å²) in [7, 11) is 4.95. The van der Waals surface area contributed by atoms with E-state index in [0.29, 0.717) is 37.9 Å². The molecule has 8 nitrogen and oxygen atoms in total. The number of hydrogen-bond donors (Lipinski definition) is 2. The first-order chi connectivity index (χ1) is 15.5. The Balaban J connectivity index is 1.57. The molecule has 0 saturated carbocycles. The molecule has 0 aliphatic heterocycles. The van der Waals surface area contributed by atoms with E-state index in [1.165, 1.54) is 11.0 Å². The van der Waals surface area contributed by atoms with E-state index in [2.05, 4.69) is 20.6 Å². The molecule has 2 aromatic heterocycles. The van der Waals surface area contributed by atoms with Crippen LogP contribution in [0.15, 0.2) is 36.4 Å². The zero-order valence-corrected chi connectivity index (χ0v) is 18.6. The highest BCUT2D eigenvalue weighted by Crippen LogP contribution is 2.35. The number of hydrogen-bond acceptors (Lipinski definition) is 6. The fourth-order valence-corrected chi connectivity index (χ4v) is 4.01. The number of rotatable bonds is 5. The Labute approximate surface area is 190 Å². The van der Waals surface area contributed by atoms with Gasteiger partial charge < -0.3 is 20.1 Å². The molecular weight excluding hydrogens is 457 g/mol. The van der Waals surface area contributed by atoms with Crippen molar-refractivity contribution in [3.8, 4) is 0 Å². The van der Waals surface area contributed by atoms with Gasteiger partial charge in [-0.1, -0.05) is 11.3 Å². The maximum Gasteiger partial charge on any atom is 0.416 e. The molecule has 0 aliphatic rings. The van der Waals surface area contributed by atoms with Gasteiger partial charge in [-0.15, -0.1) is 0 Å². The summed E-state index contributed by atoms with van der Waals surface area (Å²) in [6, 6.07) is 8.33. The van der Waals surface area contributed by atoms with E-state index < -0.39 is 17.6 Å². The minimum absolute atomic E-state index is 0.115. The number of halogens is 3. The number of aromatic nitrogens is 3. The smallest absolute Gasteiger partial charge is 0.347 e. The lowest BCUT2D eigenvalue weighted by molar-refractivity contribution is -0.137. The third-order valence-electron chi connectivity index (χ3n) is 4.98. The van der Waals surface area contributed by atoms with Crippen molar-refractivity contribution in [2.24, 2.45) is 7.05 Å². The molecule has 0 aliphatic carbocycles. The van der Waals surface area contributed by atoms with Crippen LogP contribution in [0.3, 0.4) is 0 Å². The van der Waals surface area contributed by atoms with Crippen molar-refractivity contribution in [2.75, 3.05) is 26.0 Å². The van der Waals surface area contributed by atoms with Crippen molar-refractivity contribution < 1.29 is 22.8 Å². The van der Waals surface area contributed by atoms with Gasteiger partial charge >= 0.3 is 6.18 Å². The van der Waals surface area contributed by atoms with Gasteiger partial charge in [-0.25, -0.2) is 9.97 Å². The van der Waals surface area contributed by atoms with Crippen LogP contribution < -0.4 is 10.6 Å². The van der Waals surface area contributed by atoms with Crippen LogP contribution in [0.1, 0.15) is 15.9 Å². The zero-order chi connectivity index (χ0) is 23.9. The number of likely N-dealkylation sites (N-methyl/N-ethyl adjacent to an activating group) is 1.